The maximum absolute atomic E-state index is 13.3. The predicted molar refractivity (Wildman–Crippen MR) is 108 cm³/mol. The third kappa shape index (κ3) is 2.13. The molecule has 0 radical (unpaired) electrons. The number of likely N-dealkylation sites (tertiary alicyclic amines) is 1. The number of aromatic hydroxyl groups is 1. The van der Waals surface area contributed by atoms with E-state index in [9.17, 15) is 14.7 Å². The summed E-state index contributed by atoms with van der Waals surface area (Å²) < 4.78 is 8.02. The number of carbonyl (C=O) groups excluding carboxylic acids is 1. The minimum atomic E-state index is -0.372. The molecule has 0 saturated carbocycles. The Kier molecular flexibility index (Phi) is 3.33. The van der Waals surface area contributed by atoms with Crippen LogP contribution in [-0.4, -0.2) is 36.7 Å². The van der Waals surface area contributed by atoms with Gasteiger partial charge in [-0.2, -0.15) is 0 Å². The number of rotatable bonds is 2. The van der Waals surface area contributed by atoms with E-state index in [4.69, 9.17) is 4.52 Å². The smallest absolute Gasteiger partial charge is 0.336 e. The molecule has 30 heavy (non-hydrogen) atoms. The second-order valence-electron chi connectivity index (χ2n) is 7.88. The monoisotopic (exact) mass is 402 g/mol. The van der Waals surface area contributed by atoms with Crippen molar-refractivity contribution in [1.82, 2.24) is 19.2 Å². The fourth-order valence-electron chi connectivity index (χ4n) is 4.91. The van der Waals surface area contributed by atoms with E-state index in [1.165, 1.54) is 4.57 Å². The van der Waals surface area contributed by atoms with E-state index in [1.54, 1.807) is 22.5 Å². The van der Waals surface area contributed by atoms with Gasteiger partial charge < -0.3 is 14.5 Å². The number of benzene rings is 2. The summed E-state index contributed by atoms with van der Waals surface area (Å²) in [5.74, 6) is 0.192. The first kappa shape index (κ1) is 17.1. The topological polar surface area (TPSA) is 93.5 Å². The van der Waals surface area contributed by atoms with Crippen molar-refractivity contribution in [3.63, 3.8) is 0 Å². The Hall–Kier alpha value is -3.81. The van der Waals surface area contributed by atoms with Crippen molar-refractivity contribution in [2.24, 2.45) is 0 Å². The van der Waals surface area contributed by atoms with Crippen LogP contribution in [0.2, 0.25) is 0 Å². The highest BCUT2D eigenvalue weighted by Gasteiger charge is 2.49. The van der Waals surface area contributed by atoms with Crippen LogP contribution < -0.4 is 5.69 Å². The lowest BCUT2D eigenvalue weighted by Gasteiger charge is -2.26. The van der Waals surface area contributed by atoms with Crippen LogP contribution in [0.1, 0.15) is 40.4 Å². The molecule has 0 aliphatic carbocycles. The summed E-state index contributed by atoms with van der Waals surface area (Å²) in [5.41, 5.74) is 1.07. The van der Waals surface area contributed by atoms with Gasteiger partial charge in [-0.15, -0.1) is 0 Å². The Balaban J connectivity index is 1.49. The molecule has 8 nitrogen and oxygen atoms in total. The number of nitrogens with zero attached hydrogens (tertiary/aromatic N) is 4. The van der Waals surface area contributed by atoms with E-state index < -0.39 is 0 Å². The molecular formula is C22H18N4O4. The molecule has 1 saturated heterocycles. The number of amides is 1. The van der Waals surface area contributed by atoms with E-state index in [0.717, 1.165) is 10.8 Å². The van der Waals surface area contributed by atoms with E-state index in [2.05, 4.69) is 5.16 Å². The van der Waals surface area contributed by atoms with Gasteiger partial charge in [0, 0.05) is 18.0 Å². The highest BCUT2D eigenvalue weighted by Crippen LogP contribution is 2.49. The van der Waals surface area contributed by atoms with Crippen LogP contribution in [0, 0.1) is 6.92 Å². The standard InChI is InChI=1S/C22H18N4O4/c1-12-9-16(23-30-12)20(27)24-11-14-10-18(24)19-21(28)26(22(29)25(14)19)17-8-4-6-13-5-2-3-7-15(13)17/h2-9,14,18,28H,10-11H2,1H3/t14-,18?/m1/s1. The second-order valence-corrected chi connectivity index (χ2v) is 7.88. The SMILES string of the molecule is Cc1cc(C(=O)N2C[C@H]3CC2c2c(O)n(-c4cccc5ccccc45)c(=O)n23)no1. The molecule has 2 aromatic carbocycles. The number of imidazole rings is 1. The second kappa shape index (κ2) is 5.85. The third-order valence-corrected chi connectivity index (χ3v) is 6.17. The van der Waals surface area contributed by atoms with Crippen LogP contribution in [0.3, 0.4) is 0 Å². The van der Waals surface area contributed by atoms with Crippen molar-refractivity contribution in [3.8, 4) is 11.6 Å². The summed E-state index contributed by atoms with van der Waals surface area (Å²) in [4.78, 5) is 27.9. The van der Waals surface area contributed by atoms with Crippen LogP contribution in [0.5, 0.6) is 5.88 Å². The number of fused-ring (bicyclic) bond motifs is 6. The lowest BCUT2D eigenvalue weighted by atomic mass is 10.1. The minimum Gasteiger partial charge on any atom is -0.493 e. The molecular weight excluding hydrogens is 384 g/mol. The minimum absolute atomic E-state index is 0.113. The average Bonchev–Trinajstić information content (AvgIpc) is 3.51. The highest BCUT2D eigenvalue weighted by molar-refractivity contribution is 5.93. The van der Waals surface area contributed by atoms with Crippen molar-refractivity contribution in [1.29, 1.82) is 0 Å². The predicted octanol–water partition coefficient (Wildman–Crippen LogP) is 2.94. The number of aromatic nitrogens is 3. The van der Waals surface area contributed by atoms with Gasteiger partial charge in [-0.25, -0.2) is 9.36 Å². The molecule has 2 aromatic heterocycles. The fraction of sp³-hybridized carbons (Fsp3) is 0.227. The van der Waals surface area contributed by atoms with Gasteiger partial charge in [-0.3, -0.25) is 9.36 Å². The lowest BCUT2D eigenvalue weighted by Crippen LogP contribution is -2.38. The molecule has 0 spiro atoms. The first-order chi connectivity index (χ1) is 14.5. The van der Waals surface area contributed by atoms with Gasteiger partial charge >= 0.3 is 5.69 Å². The first-order valence-corrected chi connectivity index (χ1v) is 9.83. The quantitative estimate of drug-likeness (QED) is 0.556. The largest absolute Gasteiger partial charge is 0.493 e. The zero-order valence-electron chi connectivity index (χ0n) is 16.1. The van der Waals surface area contributed by atoms with Gasteiger partial charge in [0.25, 0.3) is 5.91 Å². The Morgan fingerprint density at radius 3 is 2.80 bits per heavy atom. The third-order valence-electron chi connectivity index (χ3n) is 6.17. The van der Waals surface area contributed by atoms with Gasteiger partial charge in [-0.1, -0.05) is 41.6 Å². The molecule has 1 N–H and O–H groups in total. The van der Waals surface area contributed by atoms with E-state index in [-0.39, 0.29) is 35.3 Å². The van der Waals surface area contributed by atoms with Crippen molar-refractivity contribution >= 4 is 16.7 Å². The summed E-state index contributed by atoms with van der Waals surface area (Å²) in [6, 6.07) is 14.4. The van der Waals surface area contributed by atoms with Crippen LogP contribution in [-0.2, 0) is 0 Å². The van der Waals surface area contributed by atoms with Gasteiger partial charge in [0.2, 0.25) is 5.88 Å². The van der Waals surface area contributed by atoms with Crippen molar-refractivity contribution in [2.75, 3.05) is 6.54 Å². The molecule has 2 atom stereocenters. The fourth-order valence-corrected chi connectivity index (χ4v) is 4.91. The Bertz CT molecular complexity index is 1390. The molecule has 4 heterocycles. The molecule has 1 unspecified atom stereocenters. The molecule has 2 aliphatic heterocycles. The molecule has 8 heteroatoms. The normalized spacial score (nSPS) is 19.6. The van der Waals surface area contributed by atoms with E-state index in [1.807, 2.05) is 42.5 Å². The van der Waals surface area contributed by atoms with E-state index >= 15 is 0 Å². The first-order valence-electron chi connectivity index (χ1n) is 9.83. The number of hydrogen-bond donors (Lipinski definition) is 1. The molecule has 1 amide bonds. The molecule has 150 valence electrons. The summed E-state index contributed by atoms with van der Waals surface area (Å²) in [6.07, 6.45) is 0.608. The lowest BCUT2D eigenvalue weighted by molar-refractivity contribution is 0.0700. The highest BCUT2D eigenvalue weighted by atomic mass is 16.5. The molecule has 2 bridgehead atoms. The zero-order valence-corrected chi connectivity index (χ0v) is 16.1. The molecule has 2 aliphatic rings. The van der Waals surface area contributed by atoms with Crippen LogP contribution in [0.4, 0.5) is 0 Å². The molecule has 4 aromatic rings. The summed E-state index contributed by atoms with van der Waals surface area (Å²) in [7, 11) is 0. The van der Waals surface area contributed by atoms with Crippen LogP contribution in [0.25, 0.3) is 16.5 Å². The van der Waals surface area contributed by atoms with E-state index in [0.29, 0.717) is 30.1 Å². The maximum Gasteiger partial charge on any atom is 0.336 e. The van der Waals surface area contributed by atoms with Gasteiger partial charge in [0.15, 0.2) is 5.69 Å². The molecule has 6 rings (SSSR count). The summed E-state index contributed by atoms with van der Waals surface area (Å²) >= 11 is 0. The zero-order chi connectivity index (χ0) is 20.6. The van der Waals surface area contributed by atoms with Gasteiger partial charge in [0.1, 0.15) is 11.5 Å². The van der Waals surface area contributed by atoms with Crippen molar-refractivity contribution in [2.45, 2.75) is 25.4 Å². The van der Waals surface area contributed by atoms with Gasteiger partial charge in [0.05, 0.1) is 17.8 Å². The molecule has 1 fully saturated rings. The Labute approximate surface area is 170 Å². The van der Waals surface area contributed by atoms with Crippen molar-refractivity contribution < 1.29 is 14.4 Å². The number of carbonyl (C=O) groups is 1. The number of aryl methyl sites for hydroxylation is 1. The number of hydrogen-bond acceptors (Lipinski definition) is 5. The maximum atomic E-state index is 13.3. The average molecular weight is 402 g/mol. The summed E-state index contributed by atoms with van der Waals surface area (Å²) in [5, 5.41) is 16.8. The van der Waals surface area contributed by atoms with Crippen molar-refractivity contribution in [3.05, 3.63) is 76.2 Å². The van der Waals surface area contributed by atoms with Gasteiger partial charge in [-0.05, 0) is 24.8 Å². The Morgan fingerprint density at radius 2 is 2.00 bits per heavy atom. The Morgan fingerprint density at radius 1 is 1.20 bits per heavy atom. The van der Waals surface area contributed by atoms with Crippen LogP contribution in [0.15, 0.2) is 57.8 Å². The van der Waals surface area contributed by atoms with Crippen LogP contribution >= 0.6 is 0 Å². The summed E-state index contributed by atoms with van der Waals surface area (Å²) in [6.45, 7) is 2.13.